The molecule has 1 amide bonds. The van der Waals surface area contributed by atoms with E-state index < -0.39 is 10.8 Å². The molecule has 0 unspecified atom stereocenters. The summed E-state index contributed by atoms with van der Waals surface area (Å²) in [5, 5.41) is 13.7. The Morgan fingerprint density at radius 2 is 2.19 bits per heavy atom. The van der Waals surface area contributed by atoms with Crippen LogP contribution in [0.3, 0.4) is 0 Å². The van der Waals surface area contributed by atoms with Gasteiger partial charge in [0.15, 0.2) is 0 Å². The third-order valence-electron chi connectivity index (χ3n) is 2.88. The number of nitro groups is 1. The van der Waals surface area contributed by atoms with Crippen molar-refractivity contribution in [3.63, 3.8) is 0 Å². The number of rotatable bonds is 5. The number of benzene rings is 1. The zero-order chi connectivity index (χ0) is 15.4. The van der Waals surface area contributed by atoms with Gasteiger partial charge in [0.1, 0.15) is 11.3 Å². The van der Waals surface area contributed by atoms with Crippen molar-refractivity contribution in [2.45, 2.75) is 19.4 Å². The second-order valence-corrected chi connectivity index (χ2v) is 4.96. The van der Waals surface area contributed by atoms with Crippen LogP contribution in [0.25, 0.3) is 0 Å². The van der Waals surface area contributed by atoms with Gasteiger partial charge in [-0.25, -0.2) is 0 Å². The number of nitrogens with zero attached hydrogens (tertiary/aromatic N) is 1. The normalized spacial score (nSPS) is 11.9. The minimum absolute atomic E-state index is 0.0481. The summed E-state index contributed by atoms with van der Waals surface area (Å²) < 4.78 is 5.19. The Labute approximate surface area is 125 Å². The average Bonchev–Trinajstić information content (AvgIpc) is 2.90. The highest BCUT2D eigenvalue weighted by Crippen LogP contribution is 2.26. The number of hydrogen-bond donors (Lipinski definition) is 1. The van der Waals surface area contributed by atoms with Gasteiger partial charge in [-0.05, 0) is 25.1 Å². The van der Waals surface area contributed by atoms with E-state index in [-0.39, 0.29) is 22.3 Å². The summed E-state index contributed by atoms with van der Waals surface area (Å²) in [7, 11) is 0. The zero-order valence-corrected chi connectivity index (χ0v) is 12.0. The van der Waals surface area contributed by atoms with Gasteiger partial charge in [-0.1, -0.05) is 17.7 Å². The number of nitrogens with one attached hydrogen (secondary N) is 1. The summed E-state index contributed by atoms with van der Waals surface area (Å²) in [5.41, 5.74) is -0.444. The first-order valence-electron chi connectivity index (χ1n) is 6.25. The van der Waals surface area contributed by atoms with Crippen molar-refractivity contribution in [2.75, 3.05) is 0 Å². The third kappa shape index (κ3) is 3.61. The van der Waals surface area contributed by atoms with Crippen LogP contribution in [0.1, 0.15) is 23.0 Å². The fourth-order valence-electron chi connectivity index (χ4n) is 1.97. The van der Waals surface area contributed by atoms with Gasteiger partial charge in [0.25, 0.3) is 11.6 Å². The van der Waals surface area contributed by atoms with Gasteiger partial charge in [0.05, 0.1) is 16.2 Å². The van der Waals surface area contributed by atoms with Crippen LogP contribution in [0.4, 0.5) is 5.69 Å². The Morgan fingerprint density at radius 1 is 1.43 bits per heavy atom. The van der Waals surface area contributed by atoms with E-state index in [0.29, 0.717) is 6.42 Å². The van der Waals surface area contributed by atoms with Crippen LogP contribution in [-0.4, -0.2) is 16.9 Å². The van der Waals surface area contributed by atoms with Gasteiger partial charge in [0.2, 0.25) is 0 Å². The monoisotopic (exact) mass is 308 g/mol. The maximum atomic E-state index is 12.2. The molecule has 21 heavy (non-hydrogen) atoms. The number of hydrogen-bond acceptors (Lipinski definition) is 4. The molecule has 1 aromatic heterocycles. The van der Waals surface area contributed by atoms with Gasteiger partial charge < -0.3 is 9.73 Å². The Bertz CT molecular complexity index is 655. The topological polar surface area (TPSA) is 85.4 Å². The molecule has 0 saturated heterocycles. The maximum absolute atomic E-state index is 12.2. The van der Waals surface area contributed by atoms with Crippen molar-refractivity contribution in [3.8, 4) is 0 Å². The molecule has 0 aliphatic rings. The molecule has 0 radical (unpaired) electrons. The first kappa shape index (κ1) is 15.1. The first-order valence-corrected chi connectivity index (χ1v) is 6.63. The van der Waals surface area contributed by atoms with Crippen LogP contribution < -0.4 is 5.32 Å². The lowest BCUT2D eigenvalue weighted by Gasteiger charge is -2.13. The predicted molar refractivity (Wildman–Crippen MR) is 77.4 cm³/mol. The molecule has 2 rings (SSSR count). The lowest BCUT2D eigenvalue weighted by atomic mass is 10.1. The summed E-state index contributed by atoms with van der Waals surface area (Å²) in [4.78, 5) is 22.5. The molecule has 1 N–H and O–H groups in total. The number of carbonyl (C=O) groups is 1. The van der Waals surface area contributed by atoms with Crippen LogP contribution in [0.15, 0.2) is 41.0 Å². The molecule has 0 saturated carbocycles. The molecular weight excluding hydrogens is 296 g/mol. The number of furan rings is 1. The molecule has 1 atom stereocenters. The molecule has 110 valence electrons. The second kappa shape index (κ2) is 6.41. The molecular formula is C14H13ClN2O4. The fraction of sp³-hybridized carbons (Fsp3) is 0.214. The van der Waals surface area contributed by atoms with Crippen LogP contribution in [0.5, 0.6) is 0 Å². The van der Waals surface area contributed by atoms with Crippen molar-refractivity contribution in [1.82, 2.24) is 5.32 Å². The first-order chi connectivity index (χ1) is 9.99. The third-order valence-corrected chi connectivity index (χ3v) is 3.20. The Morgan fingerprint density at radius 3 is 2.81 bits per heavy atom. The highest BCUT2D eigenvalue weighted by molar-refractivity contribution is 6.34. The minimum atomic E-state index is -0.627. The van der Waals surface area contributed by atoms with E-state index in [2.05, 4.69) is 5.32 Å². The number of nitro benzene ring substituents is 1. The highest BCUT2D eigenvalue weighted by Gasteiger charge is 2.24. The molecule has 0 spiro atoms. The molecule has 1 aromatic carbocycles. The summed E-state index contributed by atoms with van der Waals surface area (Å²) in [6, 6.07) is 7.42. The quantitative estimate of drug-likeness (QED) is 0.679. The zero-order valence-electron chi connectivity index (χ0n) is 11.2. The van der Waals surface area contributed by atoms with E-state index in [0.717, 1.165) is 5.76 Å². The van der Waals surface area contributed by atoms with Gasteiger partial charge >= 0.3 is 0 Å². The summed E-state index contributed by atoms with van der Waals surface area (Å²) >= 11 is 5.91. The lowest BCUT2D eigenvalue weighted by molar-refractivity contribution is -0.385. The molecule has 0 aliphatic heterocycles. The summed E-state index contributed by atoms with van der Waals surface area (Å²) in [6.07, 6.45) is 2.03. The second-order valence-electron chi connectivity index (χ2n) is 4.55. The van der Waals surface area contributed by atoms with Gasteiger partial charge in [-0.2, -0.15) is 0 Å². The van der Waals surface area contributed by atoms with Crippen molar-refractivity contribution in [3.05, 3.63) is 63.1 Å². The van der Waals surface area contributed by atoms with Crippen molar-refractivity contribution >= 4 is 23.2 Å². The highest BCUT2D eigenvalue weighted by atomic mass is 35.5. The van der Waals surface area contributed by atoms with E-state index >= 15 is 0 Å². The number of amides is 1. The Kier molecular flexibility index (Phi) is 4.59. The van der Waals surface area contributed by atoms with Gasteiger partial charge in [-0.3, -0.25) is 14.9 Å². The molecule has 2 aromatic rings. The van der Waals surface area contributed by atoms with E-state index in [1.165, 1.54) is 18.2 Å². The molecule has 6 nitrogen and oxygen atoms in total. The van der Waals surface area contributed by atoms with E-state index in [4.69, 9.17) is 16.0 Å². The van der Waals surface area contributed by atoms with Crippen molar-refractivity contribution in [2.24, 2.45) is 0 Å². The van der Waals surface area contributed by atoms with Gasteiger partial charge in [-0.15, -0.1) is 0 Å². The lowest BCUT2D eigenvalue weighted by Crippen LogP contribution is -2.34. The largest absolute Gasteiger partial charge is 0.469 e. The molecule has 0 bridgehead atoms. The summed E-state index contributed by atoms with van der Waals surface area (Å²) in [6.45, 7) is 1.78. The molecule has 0 aliphatic carbocycles. The Hall–Kier alpha value is -2.34. The summed E-state index contributed by atoms with van der Waals surface area (Å²) in [5.74, 6) is 0.141. The molecule has 0 fully saturated rings. The SMILES string of the molecule is C[C@@H](Cc1ccco1)NC(=O)c1c(Cl)cccc1[N+](=O)[O-]. The predicted octanol–water partition coefficient (Wildman–Crippen LogP) is 3.20. The van der Waals surface area contributed by atoms with Crippen LogP contribution in [0.2, 0.25) is 5.02 Å². The van der Waals surface area contributed by atoms with E-state index in [1.807, 2.05) is 0 Å². The average molecular weight is 309 g/mol. The van der Waals surface area contributed by atoms with Crippen LogP contribution >= 0.6 is 11.6 Å². The number of carbonyl (C=O) groups excluding carboxylic acids is 1. The van der Waals surface area contributed by atoms with E-state index in [1.54, 1.807) is 25.3 Å². The smallest absolute Gasteiger partial charge is 0.283 e. The maximum Gasteiger partial charge on any atom is 0.283 e. The fourth-order valence-corrected chi connectivity index (χ4v) is 2.22. The van der Waals surface area contributed by atoms with Crippen molar-refractivity contribution < 1.29 is 14.1 Å². The number of halogens is 1. The van der Waals surface area contributed by atoms with Crippen LogP contribution in [-0.2, 0) is 6.42 Å². The van der Waals surface area contributed by atoms with Crippen LogP contribution in [0, 0.1) is 10.1 Å². The molecule has 1 heterocycles. The Balaban J connectivity index is 2.15. The van der Waals surface area contributed by atoms with Gasteiger partial charge in [0, 0.05) is 18.5 Å². The minimum Gasteiger partial charge on any atom is -0.469 e. The van der Waals surface area contributed by atoms with E-state index in [9.17, 15) is 14.9 Å². The molecule has 7 heteroatoms. The van der Waals surface area contributed by atoms with Crippen molar-refractivity contribution in [1.29, 1.82) is 0 Å². The standard InChI is InChI=1S/C14H13ClN2O4/c1-9(8-10-4-3-7-21-10)16-14(18)13-11(15)5-2-6-12(13)17(19)20/h2-7,9H,8H2,1H3,(H,16,18)/t9-/m0/s1.